The highest BCUT2D eigenvalue weighted by atomic mass is 19.3. The number of halogens is 2. The van der Waals surface area contributed by atoms with Gasteiger partial charge in [-0.15, -0.1) is 0 Å². The number of aliphatic hydroxyl groups excluding tert-OH is 1. The van der Waals surface area contributed by atoms with Crippen molar-refractivity contribution < 1.29 is 13.9 Å². The van der Waals surface area contributed by atoms with Crippen LogP contribution in [0.3, 0.4) is 0 Å². The molecule has 0 saturated heterocycles. The number of alkyl halides is 2. The molecule has 0 spiro atoms. The minimum Gasteiger partial charge on any atom is -0.508 e. The lowest BCUT2D eigenvalue weighted by atomic mass is 10.0. The Kier molecular flexibility index (Phi) is 2.98. The van der Waals surface area contributed by atoms with Gasteiger partial charge in [0.2, 0.25) is 5.92 Å². The number of anilines is 1. The smallest absolute Gasteiger partial charge is 0.249 e. The summed E-state index contributed by atoms with van der Waals surface area (Å²) >= 11 is 0. The van der Waals surface area contributed by atoms with E-state index in [1.165, 1.54) is 18.2 Å². The molecule has 0 unspecified atom stereocenters. The zero-order valence-corrected chi connectivity index (χ0v) is 8.43. The summed E-state index contributed by atoms with van der Waals surface area (Å²) in [5.41, 5.74) is 6.64. The molecule has 2 nitrogen and oxygen atoms in total. The van der Waals surface area contributed by atoms with E-state index in [2.05, 4.69) is 6.58 Å². The van der Waals surface area contributed by atoms with Crippen LogP contribution in [0.5, 0.6) is 0 Å². The van der Waals surface area contributed by atoms with Gasteiger partial charge in [-0.2, -0.15) is 0 Å². The second kappa shape index (κ2) is 3.88. The molecule has 0 aliphatic rings. The molecule has 1 aromatic rings. The summed E-state index contributed by atoms with van der Waals surface area (Å²) in [6.07, 6.45) is -0.366. The van der Waals surface area contributed by atoms with Crippen molar-refractivity contribution in [2.45, 2.75) is 19.3 Å². The third kappa shape index (κ3) is 3.23. The van der Waals surface area contributed by atoms with Crippen LogP contribution < -0.4 is 5.73 Å². The van der Waals surface area contributed by atoms with E-state index in [9.17, 15) is 8.78 Å². The van der Waals surface area contributed by atoms with Crippen LogP contribution in [0.25, 0.3) is 5.76 Å². The van der Waals surface area contributed by atoms with E-state index < -0.39 is 5.92 Å². The Morgan fingerprint density at radius 3 is 2.53 bits per heavy atom. The normalized spacial score (nSPS) is 11.4. The molecule has 0 atom stereocenters. The van der Waals surface area contributed by atoms with Crippen molar-refractivity contribution >= 4 is 11.4 Å². The van der Waals surface area contributed by atoms with Gasteiger partial charge in [-0.3, -0.25) is 0 Å². The predicted molar refractivity (Wildman–Crippen MR) is 56.8 cm³/mol. The topological polar surface area (TPSA) is 46.2 Å². The van der Waals surface area contributed by atoms with E-state index in [1.807, 2.05) is 0 Å². The molecule has 0 aliphatic carbocycles. The minimum absolute atomic E-state index is 0.165. The molecule has 1 aromatic carbocycles. The summed E-state index contributed by atoms with van der Waals surface area (Å²) in [7, 11) is 0. The Balaban J connectivity index is 2.97. The number of rotatable bonds is 3. The molecule has 15 heavy (non-hydrogen) atoms. The Morgan fingerprint density at radius 2 is 2.13 bits per heavy atom. The molecule has 0 amide bonds. The third-order valence-corrected chi connectivity index (χ3v) is 1.94. The summed E-state index contributed by atoms with van der Waals surface area (Å²) in [5.74, 6) is -2.92. The summed E-state index contributed by atoms with van der Waals surface area (Å²) in [4.78, 5) is 0. The summed E-state index contributed by atoms with van der Waals surface area (Å²) in [5, 5.41) is 9.11. The van der Waals surface area contributed by atoms with Gasteiger partial charge in [0, 0.05) is 17.7 Å². The van der Waals surface area contributed by atoms with Crippen molar-refractivity contribution in [3.63, 3.8) is 0 Å². The maximum Gasteiger partial charge on any atom is 0.249 e. The minimum atomic E-state index is -2.76. The molecular weight excluding hydrogens is 200 g/mol. The maximum atomic E-state index is 12.7. The lowest BCUT2D eigenvalue weighted by molar-refractivity contribution is 0.0226. The zero-order chi connectivity index (χ0) is 11.6. The molecule has 0 fully saturated rings. The number of nitrogens with two attached hydrogens (primary N) is 1. The fourth-order valence-corrected chi connectivity index (χ4v) is 1.34. The van der Waals surface area contributed by atoms with Crippen LogP contribution in [0.1, 0.15) is 18.1 Å². The first-order chi connectivity index (χ1) is 6.79. The van der Waals surface area contributed by atoms with Gasteiger partial charge >= 0.3 is 0 Å². The fourth-order valence-electron chi connectivity index (χ4n) is 1.34. The van der Waals surface area contributed by atoms with E-state index in [0.717, 1.165) is 6.92 Å². The molecule has 3 N–H and O–H groups in total. The van der Waals surface area contributed by atoms with Crippen LogP contribution in [0.15, 0.2) is 24.8 Å². The second-order valence-corrected chi connectivity index (χ2v) is 3.62. The molecule has 82 valence electrons. The van der Waals surface area contributed by atoms with Crippen LogP contribution in [0.4, 0.5) is 14.5 Å². The van der Waals surface area contributed by atoms with Gasteiger partial charge in [0.1, 0.15) is 5.76 Å². The second-order valence-electron chi connectivity index (χ2n) is 3.62. The maximum absolute atomic E-state index is 12.7. The lowest BCUT2D eigenvalue weighted by Gasteiger charge is -2.11. The van der Waals surface area contributed by atoms with Crippen molar-refractivity contribution in [2.75, 3.05) is 5.73 Å². The molecule has 1 rings (SSSR count). The van der Waals surface area contributed by atoms with Gasteiger partial charge in [-0.05, 0) is 24.6 Å². The summed E-state index contributed by atoms with van der Waals surface area (Å²) in [6, 6.07) is 4.41. The van der Waals surface area contributed by atoms with E-state index in [4.69, 9.17) is 10.8 Å². The Labute approximate surface area is 87.0 Å². The Bertz CT molecular complexity index is 383. The molecular formula is C11H13F2NO. The lowest BCUT2D eigenvalue weighted by Crippen LogP contribution is -2.13. The molecule has 0 aromatic heterocycles. The predicted octanol–water partition coefficient (Wildman–Crippen LogP) is 3.00. The molecule has 0 bridgehead atoms. The first-order valence-electron chi connectivity index (χ1n) is 4.44. The van der Waals surface area contributed by atoms with Crippen molar-refractivity contribution in [3.8, 4) is 0 Å². The number of aliphatic hydroxyl groups is 1. The number of hydrogen-bond donors (Lipinski definition) is 2. The van der Waals surface area contributed by atoms with Crippen LogP contribution in [-0.2, 0) is 6.42 Å². The van der Waals surface area contributed by atoms with Crippen LogP contribution >= 0.6 is 0 Å². The number of hydrogen-bond acceptors (Lipinski definition) is 2. The molecule has 0 radical (unpaired) electrons. The van der Waals surface area contributed by atoms with Gasteiger partial charge in [0.05, 0.1) is 0 Å². The van der Waals surface area contributed by atoms with E-state index in [0.29, 0.717) is 11.1 Å². The van der Waals surface area contributed by atoms with E-state index >= 15 is 0 Å². The van der Waals surface area contributed by atoms with Crippen molar-refractivity contribution in [3.05, 3.63) is 35.9 Å². The van der Waals surface area contributed by atoms with Gasteiger partial charge in [-0.1, -0.05) is 12.6 Å². The Hall–Kier alpha value is -1.58. The van der Waals surface area contributed by atoms with Crippen molar-refractivity contribution in [1.29, 1.82) is 0 Å². The standard InChI is InChI=1S/C11H13F2NO/c1-7(15)9-4-3-8(5-10(9)14)6-11(2,12)13/h3-5,15H,1,6,14H2,2H3. The van der Waals surface area contributed by atoms with E-state index in [1.54, 1.807) is 0 Å². The van der Waals surface area contributed by atoms with Crippen LogP contribution in [-0.4, -0.2) is 11.0 Å². The number of benzene rings is 1. The summed E-state index contributed by atoms with van der Waals surface area (Å²) in [6.45, 7) is 4.17. The molecule has 0 saturated carbocycles. The molecule has 0 heterocycles. The quantitative estimate of drug-likeness (QED) is 0.599. The molecule has 4 heteroatoms. The highest BCUT2D eigenvalue weighted by molar-refractivity contribution is 5.69. The van der Waals surface area contributed by atoms with Gasteiger partial charge in [0.25, 0.3) is 0 Å². The van der Waals surface area contributed by atoms with Gasteiger partial charge < -0.3 is 10.8 Å². The van der Waals surface area contributed by atoms with Crippen LogP contribution in [0.2, 0.25) is 0 Å². The van der Waals surface area contributed by atoms with Gasteiger partial charge in [0.15, 0.2) is 0 Å². The van der Waals surface area contributed by atoms with Gasteiger partial charge in [-0.25, -0.2) is 8.78 Å². The zero-order valence-electron chi connectivity index (χ0n) is 8.43. The SMILES string of the molecule is C=C(O)c1ccc(CC(C)(F)F)cc1N. The van der Waals surface area contributed by atoms with Crippen molar-refractivity contribution in [1.82, 2.24) is 0 Å². The average molecular weight is 213 g/mol. The fraction of sp³-hybridized carbons (Fsp3) is 0.273. The largest absolute Gasteiger partial charge is 0.508 e. The average Bonchev–Trinajstić information content (AvgIpc) is 1.99. The third-order valence-electron chi connectivity index (χ3n) is 1.94. The first-order valence-corrected chi connectivity index (χ1v) is 4.44. The highest BCUT2D eigenvalue weighted by Gasteiger charge is 2.21. The van der Waals surface area contributed by atoms with Crippen LogP contribution in [0, 0.1) is 0 Å². The van der Waals surface area contributed by atoms with Crippen molar-refractivity contribution in [2.24, 2.45) is 0 Å². The first kappa shape index (κ1) is 11.5. The highest BCUT2D eigenvalue weighted by Crippen LogP contribution is 2.24. The molecule has 0 aliphatic heterocycles. The van der Waals surface area contributed by atoms with E-state index in [-0.39, 0.29) is 17.9 Å². The number of nitrogen functional groups attached to an aromatic ring is 1. The Morgan fingerprint density at radius 1 is 1.53 bits per heavy atom. The summed E-state index contributed by atoms with van der Waals surface area (Å²) < 4.78 is 25.4. The monoisotopic (exact) mass is 213 g/mol.